The highest BCUT2D eigenvalue weighted by atomic mass is 35.5. The maximum atomic E-state index is 12.3. The van der Waals surface area contributed by atoms with E-state index >= 15 is 0 Å². The lowest BCUT2D eigenvalue weighted by Gasteiger charge is -2.10. The molecule has 0 saturated carbocycles. The van der Waals surface area contributed by atoms with Gasteiger partial charge in [-0.2, -0.15) is 0 Å². The summed E-state index contributed by atoms with van der Waals surface area (Å²) in [4.78, 5) is 4.11. The number of halogens is 1. The minimum Gasteiger partial charge on any atom is -0.313 e. The van der Waals surface area contributed by atoms with Crippen LogP contribution < -0.4 is 10.0 Å². The average Bonchev–Trinajstić information content (AvgIpc) is 2.48. The van der Waals surface area contributed by atoms with Crippen LogP contribution in [0.5, 0.6) is 0 Å². The number of aromatic nitrogens is 1. The zero-order valence-electron chi connectivity index (χ0n) is 11.5. The van der Waals surface area contributed by atoms with E-state index in [-0.39, 0.29) is 15.7 Å². The van der Waals surface area contributed by atoms with Gasteiger partial charge in [-0.25, -0.2) is 13.4 Å². The zero-order valence-corrected chi connectivity index (χ0v) is 13.1. The minimum absolute atomic E-state index is 0.122. The van der Waals surface area contributed by atoms with Gasteiger partial charge >= 0.3 is 0 Å². The van der Waals surface area contributed by atoms with E-state index in [1.807, 2.05) is 13.0 Å². The largest absolute Gasteiger partial charge is 0.313 e. The molecule has 7 heteroatoms. The Labute approximate surface area is 129 Å². The highest BCUT2D eigenvalue weighted by Crippen LogP contribution is 2.21. The van der Waals surface area contributed by atoms with Gasteiger partial charge in [-0.05, 0) is 36.4 Å². The second kappa shape index (κ2) is 6.89. The van der Waals surface area contributed by atoms with Gasteiger partial charge in [-0.15, -0.1) is 0 Å². The van der Waals surface area contributed by atoms with Gasteiger partial charge in [0.25, 0.3) is 10.0 Å². The molecule has 0 atom stereocenters. The number of nitrogens with one attached hydrogen (secondary N) is 2. The molecule has 0 amide bonds. The van der Waals surface area contributed by atoms with Crippen LogP contribution in [-0.4, -0.2) is 19.9 Å². The molecule has 0 aliphatic rings. The molecule has 1 heterocycles. The number of hydrogen-bond acceptors (Lipinski definition) is 4. The predicted molar refractivity (Wildman–Crippen MR) is 83.9 cm³/mol. The van der Waals surface area contributed by atoms with E-state index in [2.05, 4.69) is 15.0 Å². The molecule has 0 aliphatic heterocycles. The fraction of sp³-hybridized carbons (Fsp3) is 0.214. The van der Waals surface area contributed by atoms with Crippen LogP contribution in [0.15, 0.2) is 47.5 Å². The highest BCUT2D eigenvalue weighted by molar-refractivity contribution is 7.92. The Morgan fingerprint density at radius 1 is 1.24 bits per heavy atom. The summed E-state index contributed by atoms with van der Waals surface area (Å²) < 4.78 is 27.1. The van der Waals surface area contributed by atoms with Gasteiger partial charge in [0.2, 0.25) is 0 Å². The van der Waals surface area contributed by atoms with E-state index in [1.54, 1.807) is 24.3 Å². The highest BCUT2D eigenvalue weighted by Gasteiger charge is 2.16. The third-order valence-electron chi connectivity index (χ3n) is 2.78. The fourth-order valence-corrected chi connectivity index (χ4v) is 3.06. The SMILES string of the molecule is CCNCc1cccc(S(=O)(=O)Nc2ncccc2Cl)c1. The second-order valence-electron chi connectivity index (χ2n) is 4.37. The molecule has 0 saturated heterocycles. The third-order valence-corrected chi connectivity index (χ3v) is 4.42. The van der Waals surface area contributed by atoms with Crippen molar-refractivity contribution < 1.29 is 8.42 Å². The molecule has 0 bridgehead atoms. The smallest absolute Gasteiger partial charge is 0.263 e. The summed E-state index contributed by atoms with van der Waals surface area (Å²) in [6.45, 7) is 3.42. The Bertz CT molecular complexity index is 720. The van der Waals surface area contributed by atoms with Crippen molar-refractivity contribution in [2.24, 2.45) is 0 Å². The maximum Gasteiger partial charge on any atom is 0.263 e. The Kier molecular flexibility index (Phi) is 5.17. The summed E-state index contributed by atoms with van der Waals surface area (Å²) in [5.41, 5.74) is 0.895. The number of hydrogen-bond donors (Lipinski definition) is 2. The Morgan fingerprint density at radius 2 is 2.05 bits per heavy atom. The van der Waals surface area contributed by atoms with Gasteiger partial charge < -0.3 is 5.32 Å². The maximum absolute atomic E-state index is 12.3. The van der Waals surface area contributed by atoms with Gasteiger partial charge in [0.1, 0.15) is 0 Å². The topological polar surface area (TPSA) is 71.1 Å². The van der Waals surface area contributed by atoms with Crippen LogP contribution in [0, 0.1) is 0 Å². The van der Waals surface area contributed by atoms with E-state index < -0.39 is 10.0 Å². The molecule has 1 aromatic heterocycles. The summed E-state index contributed by atoms with van der Waals surface area (Å²) in [5.74, 6) is 0.122. The number of sulfonamides is 1. The quantitative estimate of drug-likeness (QED) is 0.856. The van der Waals surface area contributed by atoms with E-state index in [0.717, 1.165) is 12.1 Å². The van der Waals surface area contributed by atoms with Crippen molar-refractivity contribution in [3.63, 3.8) is 0 Å². The van der Waals surface area contributed by atoms with E-state index in [4.69, 9.17) is 11.6 Å². The van der Waals surface area contributed by atoms with Crippen molar-refractivity contribution in [2.75, 3.05) is 11.3 Å². The summed E-state index contributed by atoms with van der Waals surface area (Å²) in [6.07, 6.45) is 1.48. The minimum atomic E-state index is -3.71. The molecule has 21 heavy (non-hydrogen) atoms. The second-order valence-corrected chi connectivity index (χ2v) is 6.46. The summed E-state index contributed by atoms with van der Waals surface area (Å²) >= 11 is 5.92. The van der Waals surface area contributed by atoms with Crippen LogP contribution in [0.3, 0.4) is 0 Å². The standard InChI is InChI=1S/C14H16ClN3O2S/c1-2-16-10-11-5-3-6-12(9-11)21(19,20)18-14-13(15)7-4-8-17-14/h3-9,16H,2,10H2,1H3,(H,17,18). The molecular weight excluding hydrogens is 310 g/mol. The average molecular weight is 326 g/mol. The van der Waals surface area contributed by atoms with E-state index in [9.17, 15) is 8.42 Å². The van der Waals surface area contributed by atoms with Crippen LogP contribution in [0.4, 0.5) is 5.82 Å². The normalized spacial score (nSPS) is 11.3. The van der Waals surface area contributed by atoms with Crippen LogP contribution in [-0.2, 0) is 16.6 Å². The first-order valence-electron chi connectivity index (χ1n) is 6.46. The summed E-state index contributed by atoms with van der Waals surface area (Å²) in [5, 5.41) is 3.41. The van der Waals surface area contributed by atoms with E-state index in [1.165, 1.54) is 12.3 Å². The van der Waals surface area contributed by atoms with Crippen LogP contribution >= 0.6 is 11.6 Å². The first kappa shape index (κ1) is 15.8. The van der Waals surface area contributed by atoms with Crippen molar-refractivity contribution in [2.45, 2.75) is 18.4 Å². The number of benzene rings is 1. The van der Waals surface area contributed by atoms with Crippen LogP contribution in [0.25, 0.3) is 0 Å². The zero-order chi connectivity index (χ0) is 15.3. The van der Waals surface area contributed by atoms with Crippen molar-refractivity contribution in [1.29, 1.82) is 0 Å². The number of pyridine rings is 1. The molecule has 0 unspecified atom stereocenters. The van der Waals surface area contributed by atoms with Gasteiger partial charge in [0.15, 0.2) is 5.82 Å². The monoisotopic (exact) mass is 325 g/mol. The fourth-order valence-electron chi connectivity index (χ4n) is 1.74. The summed E-state index contributed by atoms with van der Waals surface area (Å²) in [6, 6.07) is 9.96. The van der Waals surface area contributed by atoms with Gasteiger partial charge in [-0.1, -0.05) is 30.7 Å². The number of anilines is 1. The summed E-state index contributed by atoms with van der Waals surface area (Å²) in [7, 11) is -3.71. The van der Waals surface area contributed by atoms with Gasteiger partial charge in [0, 0.05) is 12.7 Å². The predicted octanol–water partition coefficient (Wildman–Crippen LogP) is 2.65. The van der Waals surface area contributed by atoms with Gasteiger partial charge in [0.05, 0.1) is 9.92 Å². The third kappa shape index (κ3) is 4.17. The molecule has 0 spiro atoms. The Hall–Kier alpha value is -1.63. The lowest BCUT2D eigenvalue weighted by molar-refractivity contribution is 0.600. The molecule has 112 valence electrons. The molecular formula is C14H16ClN3O2S. The van der Waals surface area contributed by atoms with Crippen molar-refractivity contribution >= 4 is 27.4 Å². The van der Waals surface area contributed by atoms with Gasteiger partial charge in [-0.3, -0.25) is 4.72 Å². The lowest BCUT2D eigenvalue weighted by atomic mass is 10.2. The first-order chi connectivity index (χ1) is 10.0. The van der Waals surface area contributed by atoms with E-state index in [0.29, 0.717) is 6.54 Å². The molecule has 0 aliphatic carbocycles. The molecule has 2 aromatic rings. The van der Waals surface area contributed by atoms with Crippen molar-refractivity contribution in [3.05, 3.63) is 53.2 Å². The molecule has 2 rings (SSSR count). The van der Waals surface area contributed by atoms with Crippen molar-refractivity contribution in [3.8, 4) is 0 Å². The number of rotatable bonds is 6. The Balaban J connectivity index is 2.25. The lowest BCUT2D eigenvalue weighted by Crippen LogP contribution is -2.16. The Morgan fingerprint density at radius 3 is 2.76 bits per heavy atom. The van der Waals surface area contributed by atoms with Crippen LogP contribution in [0.2, 0.25) is 5.02 Å². The number of nitrogens with zero attached hydrogens (tertiary/aromatic N) is 1. The molecule has 0 radical (unpaired) electrons. The van der Waals surface area contributed by atoms with Crippen molar-refractivity contribution in [1.82, 2.24) is 10.3 Å². The first-order valence-corrected chi connectivity index (χ1v) is 8.32. The van der Waals surface area contributed by atoms with Crippen LogP contribution in [0.1, 0.15) is 12.5 Å². The molecule has 5 nitrogen and oxygen atoms in total. The molecule has 0 fully saturated rings. The molecule has 2 N–H and O–H groups in total. The molecule has 1 aromatic carbocycles.